The van der Waals surface area contributed by atoms with Gasteiger partial charge in [0.05, 0.1) is 7.05 Å². The highest BCUT2D eigenvalue weighted by Crippen LogP contribution is 2.14. The summed E-state index contributed by atoms with van der Waals surface area (Å²) < 4.78 is 0. The Labute approximate surface area is 156 Å². The van der Waals surface area contributed by atoms with Crippen molar-refractivity contribution >= 4 is 29.2 Å². The van der Waals surface area contributed by atoms with Crippen LogP contribution in [0, 0.1) is 6.92 Å². The Bertz CT molecular complexity index is 819. The SMILES string of the molecule is Cc1ccccc1C[NH+](C)CN1C(=O)C(=O)N(CCc2cccs2)C1=O. The molecular formula is C19H22N3O3S+. The van der Waals surface area contributed by atoms with Gasteiger partial charge in [-0.2, -0.15) is 0 Å². The lowest BCUT2D eigenvalue weighted by Crippen LogP contribution is -3.09. The highest BCUT2D eigenvalue weighted by molar-refractivity contribution is 7.09. The number of amides is 4. The average molecular weight is 372 g/mol. The van der Waals surface area contributed by atoms with E-state index in [1.807, 2.05) is 55.7 Å². The summed E-state index contributed by atoms with van der Waals surface area (Å²) >= 11 is 1.57. The predicted octanol–water partition coefficient (Wildman–Crippen LogP) is 1.06. The summed E-state index contributed by atoms with van der Waals surface area (Å²) in [6, 6.07) is 11.4. The Morgan fingerprint density at radius 2 is 1.73 bits per heavy atom. The fraction of sp³-hybridized carbons (Fsp3) is 0.316. The molecule has 1 aromatic heterocycles. The Morgan fingerprint density at radius 3 is 2.42 bits per heavy atom. The van der Waals surface area contributed by atoms with E-state index < -0.39 is 17.8 Å². The third-order valence-corrected chi connectivity index (χ3v) is 5.41. The van der Waals surface area contributed by atoms with Gasteiger partial charge in [0.15, 0.2) is 6.67 Å². The average Bonchev–Trinajstić information content (AvgIpc) is 3.20. The highest BCUT2D eigenvalue weighted by Gasteiger charge is 2.45. The van der Waals surface area contributed by atoms with Crippen molar-refractivity contribution in [2.75, 3.05) is 20.3 Å². The van der Waals surface area contributed by atoms with Gasteiger partial charge in [-0.15, -0.1) is 11.3 Å². The fourth-order valence-corrected chi connectivity index (χ4v) is 3.72. The van der Waals surface area contributed by atoms with Gasteiger partial charge in [-0.25, -0.2) is 9.69 Å². The molecule has 7 heteroatoms. The second-order valence-electron chi connectivity index (χ2n) is 6.52. The number of nitrogens with one attached hydrogen (secondary N) is 1. The summed E-state index contributed by atoms with van der Waals surface area (Å²) in [6.07, 6.45) is 0.572. The van der Waals surface area contributed by atoms with E-state index >= 15 is 0 Å². The van der Waals surface area contributed by atoms with Crippen LogP contribution < -0.4 is 4.90 Å². The zero-order valence-electron chi connectivity index (χ0n) is 14.9. The molecule has 1 atom stereocenters. The number of rotatable bonds is 7. The number of benzene rings is 1. The number of aryl methyl sites for hydroxylation is 1. The van der Waals surface area contributed by atoms with Crippen LogP contribution in [-0.4, -0.2) is 47.9 Å². The van der Waals surface area contributed by atoms with Crippen LogP contribution >= 0.6 is 11.3 Å². The lowest BCUT2D eigenvalue weighted by atomic mass is 10.1. The van der Waals surface area contributed by atoms with Gasteiger partial charge >= 0.3 is 17.8 Å². The topological polar surface area (TPSA) is 62.1 Å². The molecule has 4 amide bonds. The quantitative estimate of drug-likeness (QED) is 0.584. The Balaban J connectivity index is 1.62. The van der Waals surface area contributed by atoms with Crippen molar-refractivity contribution in [3.63, 3.8) is 0 Å². The summed E-state index contributed by atoms with van der Waals surface area (Å²) in [7, 11) is 1.91. The van der Waals surface area contributed by atoms with Crippen molar-refractivity contribution in [1.29, 1.82) is 0 Å². The first-order valence-corrected chi connectivity index (χ1v) is 9.41. The number of imide groups is 2. The maximum atomic E-state index is 12.5. The minimum absolute atomic E-state index is 0.174. The lowest BCUT2D eigenvalue weighted by molar-refractivity contribution is -0.901. The molecular weight excluding hydrogens is 350 g/mol. The van der Waals surface area contributed by atoms with E-state index in [2.05, 4.69) is 0 Å². The molecule has 0 saturated carbocycles. The largest absolute Gasteiger partial charge is 0.338 e. The Morgan fingerprint density at radius 1 is 1.00 bits per heavy atom. The van der Waals surface area contributed by atoms with E-state index in [0.29, 0.717) is 13.0 Å². The molecule has 1 fully saturated rings. The summed E-state index contributed by atoms with van der Waals surface area (Å²) in [5, 5.41) is 1.95. The fourth-order valence-electron chi connectivity index (χ4n) is 3.02. The van der Waals surface area contributed by atoms with Crippen LogP contribution in [0.1, 0.15) is 16.0 Å². The molecule has 1 aliphatic rings. The van der Waals surface area contributed by atoms with E-state index in [9.17, 15) is 14.4 Å². The van der Waals surface area contributed by atoms with Gasteiger partial charge in [0.2, 0.25) is 0 Å². The molecule has 2 aromatic rings. The van der Waals surface area contributed by atoms with Gasteiger partial charge in [0, 0.05) is 23.4 Å². The first kappa shape index (κ1) is 18.3. The second-order valence-corrected chi connectivity index (χ2v) is 7.55. The van der Waals surface area contributed by atoms with Crippen LogP contribution in [0.15, 0.2) is 41.8 Å². The van der Waals surface area contributed by atoms with E-state index in [0.717, 1.165) is 25.1 Å². The van der Waals surface area contributed by atoms with E-state index in [1.54, 1.807) is 11.3 Å². The highest BCUT2D eigenvalue weighted by atomic mass is 32.1. The molecule has 2 heterocycles. The molecule has 1 aliphatic heterocycles. The first-order chi connectivity index (χ1) is 12.5. The Hall–Kier alpha value is -2.51. The molecule has 0 aliphatic carbocycles. The zero-order valence-corrected chi connectivity index (χ0v) is 15.7. The molecule has 0 spiro atoms. The number of nitrogens with zero attached hydrogens (tertiary/aromatic N) is 2. The van der Waals surface area contributed by atoms with Crippen LogP contribution in [0.25, 0.3) is 0 Å². The van der Waals surface area contributed by atoms with E-state index in [4.69, 9.17) is 0 Å². The molecule has 1 unspecified atom stereocenters. The van der Waals surface area contributed by atoms with Crippen LogP contribution in [0.5, 0.6) is 0 Å². The second kappa shape index (κ2) is 7.80. The predicted molar refractivity (Wildman–Crippen MR) is 98.6 cm³/mol. The monoisotopic (exact) mass is 372 g/mol. The van der Waals surface area contributed by atoms with Crippen molar-refractivity contribution in [2.24, 2.45) is 0 Å². The van der Waals surface area contributed by atoms with Crippen LogP contribution in [-0.2, 0) is 22.6 Å². The summed E-state index contributed by atoms with van der Waals surface area (Å²) in [4.78, 5) is 41.1. The van der Waals surface area contributed by atoms with Crippen molar-refractivity contribution in [2.45, 2.75) is 19.9 Å². The van der Waals surface area contributed by atoms with Gasteiger partial charge in [0.25, 0.3) is 0 Å². The van der Waals surface area contributed by atoms with Crippen LogP contribution in [0.2, 0.25) is 0 Å². The van der Waals surface area contributed by atoms with Crippen LogP contribution in [0.4, 0.5) is 4.79 Å². The molecule has 6 nitrogen and oxygen atoms in total. The first-order valence-electron chi connectivity index (χ1n) is 8.53. The maximum Gasteiger partial charge on any atom is 0.338 e. The molecule has 1 N–H and O–H groups in total. The molecule has 1 saturated heterocycles. The number of urea groups is 1. The Kier molecular flexibility index (Phi) is 5.49. The number of hydrogen-bond donors (Lipinski definition) is 1. The molecule has 1 aromatic carbocycles. The van der Waals surface area contributed by atoms with Crippen molar-refractivity contribution in [3.8, 4) is 0 Å². The van der Waals surface area contributed by atoms with Gasteiger partial charge in [0.1, 0.15) is 6.54 Å². The number of thiophene rings is 1. The normalized spacial score (nSPS) is 15.8. The molecule has 0 radical (unpaired) electrons. The smallest absolute Gasteiger partial charge is 0.316 e. The third-order valence-electron chi connectivity index (χ3n) is 4.48. The number of carbonyl (C=O) groups is 3. The van der Waals surface area contributed by atoms with Crippen LogP contribution in [0.3, 0.4) is 0 Å². The number of hydrogen-bond acceptors (Lipinski definition) is 4. The third kappa shape index (κ3) is 3.84. The van der Waals surface area contributed by atoms with Crippen molar-refractivity contribution in [1.82, 2.24) is 9.80 Å². The lowest BCUT2D eigenvalue weighted by Gasteiger charge is -2.20. The van der Waals surface area contributed by atoms with Gasteiger partial charge < -0.3 is 4.90 Å². The molecule has 26 heavy (non-hydrogen) atoms. The van der Waals surface area contributed by atoms with E-state index in [1.165, 1.54) is 5.56 Å². The molecule has 3 rings (SSSR count). The maximum absolute atomic E-state index is 12.5. The summed E-state index contributed by atoms with van der Waals surface area (Å²) in [6.45, 7) is 3.11. The van der Waals surface area contributed by atoms with Crippen molar-refractivity contribution < 1.29 is 19.3 Å². The molecule has 0 bridgehead atoms. The standard InChI is InChI=1S/C19H21N3O3S/c1-14-6-3-4-7-15(14)12-20(2)13-22-18(24)17(23)21(19(22)25)10-9-16-8-5-11-26-16/h3-8,11H,9-10,12-13H2,1-2H3/p+1. The van der Waals surface area contributed by atoms with Crippen molar-refractivity contribution in [3.05, 3.63) is 57.8 Å². The number of carbonyl (C=O) groups excluding carboxylic acids is 3. The zero-order chi connectivity index (χ0) is 18.7. The minimum Gasteiger partial charge on any atom is -0.316 e. The minimum atomic E-state index is -0.731. The summed E-state index contributed by atoms with van der Waals surface area (Å²) in [5.41, 5.74) is 2.32. The summed E-state index contributed by atoms with van der Waals surface area (Å²) in [5.74, 6) is -1.46. The number of quaternary nitrogens is 1. The van der Waals surface area contributed by atoms with E-state index in [-0.39, 0.29) is 13.2 Å². The molecule has 136 valence electrons. The van der Waals surface area contributed by atoms with Gasteiger partial charge in [-0.05, 0) is 23.9 Å². The van der Waals surface area contributed by atoms with Gasteiger partial charge in [-0.1, -0.05) is 30.3 Å². The van der Waals surface area contributed by atoms with Gasteiger partial charge in [-0.3, -0.25) is 14.5 Å².